The van der Waals surface area contributed by atoms with Crippen molar-refractivity contribution >= 4 is 17.9 Å². The van der Waals surface area contributed by atoms with Crippen LogP contribution in [0.5, 0.6) is 0 Å². The minimum absolute atomic E-state index is 0.170. The lowest BCUT2D eigenvalue weighted by Crippen LogP contribution is -2.63. The second-order valence-electron chi connectivity index (χ2n) is 10.0. The lowest BCUT2D eigenvalue weighted by Gasteiger charge is -2.47. The predicted molar refractivity (Wildman–Crippen MR) is 129 cm³/mol. The number of carbonyl (C=O) groups excluding carboxylic acids is 3. The highest BCUT2D eigenvalue weighted by Gasteiger charge is 2.71. The van der Waals surface area contributed by atoms with E-state index in [0.717, 1.165) is 20.3 Å². The zero-order valence-corrected chi connectivity index (χ0v) is 21.9. The summed E-state index contributed by atoms with van der Waals surface area (Å²) in [5.74, 6) is -4.11. The van der Waals surface area contributed by atoms with Crippen molar-refractivity contribution in [2.75, 3.05) is 13.7 Å². The lowest BCUT2D eigenvalue weighted by atomic mass is 9.77. The van der Waals surface area contributed by atoms with E-state index in [1.54, 1.807) is 18.2 Å². The standard InChI is InChI=1S/C26H32O14/c1-12(28)40-25(2)16(38-21(32)13-7-5-4-6-8-13)9-26(34)14(22(33)35-3)11-36-24(20(25)26)39-23-19(31)18(30)17(29)15(10-27)37-23/h4-8,11,15-20,23-24,27,29-31,34H,9-10H2,1-3H3/t15-,16+,17-,18+,19-,20-,23+,24+,25+,26+/m1/s1. The number of ether oxygens (including phenoxy) is 6. The van der Waals surface area contributed by atoms with Crippen molar-refractivity contribution in [3.05, 3.63) is 47.7 Å². The largest absolute Gasteiger partial charge is 0.471 e. The minimum Gasteiger partial charge on any atom is -0.471 e. The van der Waals surface area contributed by atoms with Crippen LogP contribution in [0.1, 0.15) is 30.6 Å². The molecular formula is C26H32O14. The van der Waals surface area contributed by atoms with Gasteiger partial charge in [-0.1, -0.05) is 18.2 Å². The minimum atomic E-state index is -2.23. The van der Waals surface area contributed by atoms with E-state index in [0.29, 0.717) is 0 Å². The molecule has 0 aromatic heterocycles. The summed E-state index contributed by atoms with van der Waals surface area (Å²) in [4.78, 5) is 37.9. The SMILES string of the molecule is COC(=O)C1=CO[C@@H](O[C@@H]2O[C@H](CO)[C@@H](O)[C@H](O)[C@H]2O)[C@@H]2[C@@](C)(OC(C)=O)[C@@H](OC(=O)c3ccccc3)C[C@]12O. The Kier molecular flexibility index (Phi) is 8.52. The lowest BCUT2D eigenvalue weighted by molar-refractivity contribution is -0.352. The van der Waals surface area contributed by atoms with Crippen LogP contribution in [0.25, 0.3) is 0 Å². The topological polar surface area (TPSA) is 208 Å². The first-order valence-electron chi connectivity index (χ1n) is 12.5. The first-order chi connectivity index (χ1) is 18.9. The number of esters is 3. The number of rotatable bonds is 7. The van der Waals surface area contributed by atoms with Crippen LogP contribution in [0.15, 0.2) is 42.2 Å². The Morgan fingerprint density at radius 2 is 1.70 bits per heavy atom. The molecule has 3 aliphatic rings. The summed E-state index contributed by atoms with van der Waals surface area (Å²) in [5.41, 5.74) is -4.33. The normalized spacial score (nSPS) is 38.9. The Bertz CT molecular complexity index is 1140. The number of hydrogen-bond acceptors (Lipinski definition) is 14. The molecule has 0 unspecified atom stereocenters. The van der Waals surface area contributed by atoms with Crippen LogP contribution in [0, 0.1) is 5.92 Å². The Morgan fingerprint density at radius 1 is 1.02 bits per heavy atom. The zero-order chi connectivity index (χ0) is 29.4. The maximum atomic E-state index is 13.0. The molecule has 14 nitrogen and oxygen atoms in total. The van der Waals surface area contributed by atoms with Gasteiger partial charge in [-0.3, -0.25) is 4.79 Å². The molecule has 0 spiro atoms. The highest BCUT2D eigenvalue weighted by molar-refractivity contribution is 5.91. The quantitative estimate of drug-likeness (QED) is 0.188. The molecule has 40 heavy (non-hydrogen) atoms. The van der Waals surface area contributed by atoms with Gasteiger partial charge in [-0.05, 0) is 19.1 Å². The van der Waals surface area contributed by atoms with E-state index in [2.05, 4.69) is 0 Å². The average Bonchev–Trinajstić information content (AvgIpc) is 3.14. The van der Waals surface area contributed by atoms with Gasteiger partial charge < -0.3 is 54.0 Å². The molecule has 0 radical (unpaired) electrons. The fourth-order valence-corrected chi connectivity index (χ4v) is 5.50. The van der Waals surface area contributed by atoms with Crippen LogP contribution in [0.4, 0.5) is 0 Å². The Hall–Kier alpha value is -3.11. The third-order valence-corrected chi connectivity index (χ3v) is 7.47. The van der Waals surface area contributed by atoms with Gasteiger partial charge in [0.05, 0.1) is 31.5 Å². The second kappa shape index (κ2) is 11.4. The van der Waals surface area contributed by atoms with Crippen molar-refractivity contribution in [2.24, 2.45) is 5.92 Å². The van der Waals surface area contributed by atoms with Crippen LogP contribution < -0.4 is 0 Å². The predicted octanol–water partition coefficient (Wildman–Crippen LogP) is -1.49. The van der Waals surface area contributed by atoms with Gasteiger partial charge in [-0.15, -0.1) is 0 Å². The van der Waals surface area contributed by atoms with Gasteiger partial charge in [-0.2, -0.15) is 0 Å². The average molecular weight is 569 g/mol. The van der Waals surface area contributed by atoms with Crippen LogP contribution in [-0.4, -0.2) is 111 Å². The van der Waals surface area contributed by atoms with Crippen molar-refractivity contribution in [2.45, 2.75) is 74.6 Å². The molecule has 2 heterocycles. The molecule has 2 fully saturated rings. The summed E-state index contributed by atoms with van der Waals surface area (Å²) in [6, 6.07) is 7.91. The molecule has 10 atom stereocenters. The molecule has 1 saturated carbocycles. The Morgan fingerprint density at radius 3 is 2.30 bits per heavy atom. The molecule has 1 aromatic rings. The number of hydrogen-bond donors (Lipinski definition) is 5. The molecule has 0 bridgehead atoms. The Balaban J connectivity index is 1.74. The van der Waals surface area contributed by atoms with Gasteiger partial charge in [0.1, 0.15) is 41.7 Å². The summed E-state index contributed by atoms with van der Waals surface area (Å²) in [5, 5.41) is 52.3. The molecule has 0 amide bonds. The first kappa shape index (κ1) is 29.9. The smallest absolute Gasteiger partial charge is 0.339 e. The van der Waals surface area contributed by atoms with Crippen LogP contribution in [-0.2, 0) is 38.0 Å². The first-order valence-corrected chi connectivity index (χ1v) is 12.5. The van der Waals surface area contributed by atoms with Gasteiger partial charge >= 0.3 is 17.9 Å². The number of aliphatic hydroxyl groups is 5. The zero-order valence-electron chi connectivity index (χ0n) is 21.9. The number of aliphatic hydroxyl groups excluding tert-OH is 4. The molecule has 1 saturated heterocycles. The van der Waals surface area contributed by atoms with Gasteiger partial charge in [0.25, 0.3) is 0 Å². The van der Waals surface area contributed by atoms with Crippen molar-refractivity contribution in [1.29, 1.82) is 0 Å². The maximum absolute atomic E-state index is 13.0. The number of fused-ring (bicyclic) bond motifs is 1. The van der Waals surface area contributed by atoms with E-state index in [-0.39, 0.29) is 11.1 Å². The summed E-state index contributed by atoms with van der Waals surface area (Å²) in [7, 11) is 1.07. The van der Waals surface area contributed by atoms with Gasteiger partial charge in [0.2, 0.25) is 6.29 Å². The molecule has 220 valence electrons. The van der Waals surface area contributed by atoms with Gasteiger partial charge in [-0.25, -0.2) is 9.59 Å². The van der Waals surface area contributed by atoms with Gasteiger partial charge in [0, 0.05) is 13.3 Å². The van der Waals surface area contributed by atoms with E-state index in [1.807, 2.05) is 0 Å². The molecular weight excluding hydrogens is 536 g/mol. The summed E-state index contributed by atoms with van der Waals surface area (Å²) in [6.07, 6.45) is -10.9. The van der Waals surface area contributed by atoms with E-state index in [1.165, 1.54) is 19.1 Å². The Labute approximate surface area is 228 Å². The summed E-state index contributed by atoms with van der Waals surface area (Å²) >= 11 is 0. The molecule has 1 aliphatic carbocycles. The third-order valence-electron chi connectivity index (χ3n) is 7.47. The summed E-state index contributed by atoms with van der Waals surface area (Å²) in [6.45, 7) is 1.71. The van der Waals surface area contributed by atoms with Gasteiger partial charge in [0.15, 0.2) is 11.9 Å². The molecule has 4 rings (SSSR count). The van der Waals surface area contributed by atoms with E-state index >= 15 is 0 Å². The molecule has 5 N–H and O–H groups in total. The molecule has 2 aliphatic heterocycles. The third kappa shape index (κ3) is 5.19. The van der Waals surface area contributed by atoms with E-state index < -0.39 is 91.2 Å². The molecule has 14 heteroatoms. The van der Waals surface area contributed by atoms with Crippen LogP contribution >= 0.6 is 0 Å². The fourth-order valence-electron chi connectivity index (χ4n) is 5.50. The van der Waals surface area contributed by atoms with E-state index in [4.69, 9.17) is 28.4 Å². The monoisotopic (exact) mass is 568 g/mol. The molecule has 1 aromatic carbocycles. The number of benzene rings is 1. The van der Waals surface area contributed by atoms with Crippen LogP contribution in [0.3, 0.4) is 0 Å². The second-order valence-corrected chi connectivity index (χ2v) is 10.0. The van der Waals surface area contributed by atoms with Crippen molar-refractivity contribution in [3.63, 3.8) is 0 Å². The van der Waals surface area contributed by atoms with Crippen molar-refractivity contribution in [1.82, 2.24) is 0 Å². The van der Waals surface area contributed by atoms with Crippen molar-refractivity contribution in [3.8, 4) is 0 Å². The summed E-state index contributed by atoms with van der Waals surface area (Å²) < 4.78 is 32.9. The number of methoxy groups -OCH3 is 1. The highest BCUT2D eigenvalue weighted by Crippen LogP contribution is 2.55. The highest BCUT2D eigenvalue weighted by atomic mass is 16.8. The fraction of sp³-hybridized carbons (Fsp3) is 0.577. The maximum Gasteiger partial charge on any atom is 0.339 e. The van der Waals surface area contributed by atoms with Crippen molar-refractivity contribution < 1.29 is 68.3 Å². The van der Waals surface area contributed by atoms with Crippen LogP contribution in [0.2, 0.25) is 0 Å². The number of carbonyl (C=O) groups is 3. The van der Waals surface area contributed by atoms with E-state index in [9.17, 15) is 39.9 Å².